The largest absolute Gasteiger partial charge is 0.364 e. The molecule has 0 aromatic carbocycles. The summed E-state index contributed by atoms with van der Waals surface area (Å²) in [5, 5.41) is 3.77. The number of aromatic nitrogens is 5. The second kappa shape index (κ2) is 7.64. The van der Waals surface area contributed by atoms with Crippen LogP contribution in [-0.2, 0) is 6.54 Å². The van der Waals surface area contributed by atoms with Gasteiger partial charge in [0.2, 0.25) is 5.82 Å². The molecule has 4 rings (SSSR count). The Labute approximate surface area is 164 Å². The van der Waals surface area contributed by atoms with Crippen molar-refractivity contribution >= 4 is 44.7 Å². The Morgan fingerprint density at radius 2 is 2.31 bits per heavy atom. The first-order valence-corrected chi connectivity index (χ1v) is 10.2. The van der Waals surface area contributed by atoms with Crippen molar-refractivity contribution in [3.05, 3.63) is 40.6 Å². The van der Waals surface area contributed by atoms with Crippen molar-refractivity contribution in [2.75, 3.05) is 11.1 Å². The third kappa shape index (κ3) is 3.55. The maximum atomic E-state index is 4.64. The van der Waals surface area contributed by atoms with Crippen molar-refractivity contribution in [2.45, 2.75) is 31.7 Å². The maximum Gasteiger partial charge on any atom is 0.208 e. The van der Waals surface area contributed by atoms with Gasteiger partial charge in [0.05, 0.1) is 11.7 Å². The average molecular weight is 429 g/mol. The maximum absolute atomic E-state index is 4.64. The highest BCUT2D eigenvalue weighted by Crippen LogP contribution is 2.37. The van der Waals surface area contributed by atoms with E-state index in [9.17, 15) is 0 Å². The zero-order chi connectivity index (χ0) is 17.9. The summed E-state index contributed by atoms with van der Waals surface area (Å²) in [6.07, 6.45) is 6.02. The quantitative estimate of drug-likeness (QED) is 0.500. The van der Waals surface area contributed by atoms with Crippen LogP contribution in [0.25, 0.3) is 11.2 Å². The predicted molar refractivity (Wildman–Crippen MR) is 108 cm³/mol. The second-order valence-electron chi connectivity index (χ2n) is 5.90. The van der Waals surface area contributed by atoms with Crippen molar-refractivity contribution < 1.29 is 0 Å². The van der Waals surface area contributed by atoms with Gasteiger partial charge in [-0.15, -0.1) is 11.8 Å². The molecule has 1 aliphatic heterocycles. The van der Waals surface area contributed by atoms with Crippen LogP contribution in [0.1, 0.15) is 36.5 Å². The number of rotatable bonds is 4. The number of imidazole rings is 1. The summed E-state index contributed by atoms with van der Waals surface area (Å²) in [5.41, 5.74) is 2.73. The zero-order valence-corrected chi connectivity index (χ0v) is 16.6. The number of anilines is 1. The predicted octanol–water partition coefficient (Wildman–Crippen LogP) is 3.99. The van der Waals surface area contributed by atoms with E-state index in [1.54, 1.807) is 13.1 Å². The number of hydrogen-bond acceptors (Lipinski definition) is 6. The summed E-state index contributed by atoms with van der Waals surface area (Å²) in [5.74, 6) is 8.27. The topological polar surface area (TPSA) is 68.5 Å². The Bertz CT molecular complexity index is 1000. The van der Waals surface area contributed by atoms with Crippen LogP contribution in [0.5, 0.6) is 0 Å². The van der Waals surface area contributed by atoms with Crippen molar-refractivity contribution in [2.24, 2.45) is 0 Å². The van der Waals surface area contributed by atoms with Gasteiger partial charge >= 0.3 is 0 Å². The molecule has 0 saturated carbocycles. The number of thioether (sulfide) groups is 1. The molecule has 3 aromatic heterocycles. The molecule has 4 heterocycles. The molecular weight excluding hydrogens is 412 g/mol. The molecular formula is C18H17BrN6S. The number of nitrogens with one attached hydrogen (secondary N) is 1. The SMILES string of the molecule is CC#Cc1nc(NCc2ccnc(Br)c2)c2ncn([C@H]3CCCS3)c2n1. The minimum absolute atomic E-state index is 0.390. The van der Waals surface area contributed by atoms with Crippen molar-refractivity contribution in [1.82, 2.24) is 24.5 Å². The van der Waals surface area contributed by atoms with Crippen LogP contribution in [-0.4, -0.2) is 30.3 Å². The van der Waals surface area contributed by atoms with Crippen LogP contribution < -0.4 is 5.32 Å². The first kappa shape index (κ1) is 17.3. The number of pyridine rings is 1. The van der Waals surface area contributed by atoms with Crippen LogP contribution in [0.15, 0.2) is 29.3 Å². The fourth-order valence-corrected chi connectivity index (χ4v) is 4.60. The highest BCUT2D eigenvalue weighted by atomic mass is 79.9. The molecule has 1 aliphatic rings. The van der Waals surface area contributed by atoms with E-state index in [1.807, 2.05) is 30.2 Å². The lowest BCUT2D eigenvalue weighted by Crippen LogP contribution is -2.07. The summed E-state index contributed by atoms with van der Waals surface area (Å²) >= 11 is 5.35. The monoisotopic (exact) mass is 428 g/mol. The van der Waals surface area contributed by atoms with Crippen molar-refractivity contribution in [3.8, 4) is 11.8 Å². The van der Waals surface area contributed by atoms with Crippen molar-refractivity contribution in [1.29, 1.82) is 0 Å². The van der Waals surface area contributed by atoms with Crippen LogP contribution in [0, 0.1) is 11.8 Å². The van der Waals surface area contributed by atoms with Gasteiger partial charge in [0.25, 0.3) is 0 Å². The summed E-state index contributed by atoms with van der Waals surface area (Å²) in [4.78, 5) is 18.0. The van der Waals surface area contributed by atoms with E-state index in [0.29, 0.717) is 23.6 Å². The van der Waals surface area contributed by atoms with Gasteiger partial charge in [-0.25, -0.2) is 19.9 Å². The molecule has 1 fully saturated rings. The lowest BCUT2D eigenvalue weighted by molar-refractivity contribution is 0.654. The van der Waals surface area contributed by atoms with E-state index in [4.69, 9.17) is 0 Å². The first-order chi connectivity index (χ1) is 12.7. The molecule has 0 bridgehead atoms. The van der Waals surface area contributed by atoms with Crippen molar-refractivity contribution in [3.63, 3.8) is 0 Å². The number of halogens is 1. The Morgan fingerprint density at radius 3 is 3.08 bits per heavy atom. The van der Waals surface area contributed by atoms with Crippen LogP contribution >= 0.6 is 27.7 Å². The standard InChI is InChI=1S/C18H17BrN6S/c1-2-4-14-23-17(21-10-12-6-7-20-13(19)9-12)16-18(24-14)25(11-22-16)15-5-3-8-26-15/h6-7,9,11,15H,3,5,8,10H2,1H3,(H,21,23,24)/t15-/m1/s1. The van der Waals surface area contributed by atoms with Gasteiger partial charge in [0, 0.05) is 12.7 Å². The summed E-state index contributed by atoms with van der Waals surface area (Å²) in [6.45, 7) is 2.41. The fraction of sp³-hybridized carbons (Fsp3) is 0.333. The number of nitrogens with zero attached hydrogens (tertiary/aromatic N) is 5. The molecule has 132 valence electrons. The molecule has 0 amide bonds. The van der Waals surface area contributed by atoms with E-state index in [-0.39, 0.29) is 0 Å². The Balaban J connectivity index is 1.71. The third-order valence-electron chi connectivity index (χ3n) is 4.13. The van der Waals surface area contributed by atoms with Crippen LogP contribution in [0.4, 0.5) is 5.82 Å². The van der Waals surface area contributed by atoms with E-state index < -0.39 is 0 Å². The Kier molecular flexibility index (Phi) is 5.09. The Morgan fingerprint density at radius 1 is 1.38 bits per heavy atom. The van der Waals surface area contributed by atoms with E-state index in [1.165, 1.54) is 12.2 Å². The first-order valence-electron chi connectivity index (χ1n) is 8.38. The molecule has 0 unspecified atom stereocenters. The van der Waals surface area contributed by atoms with Gasteiger partial charge in [-0.3, -0.25) is 0 Å². The molecule has 3 aromatic rings. The van der Waals surface area contributed by atoms with Gasteiger partial charge in [0.1, 0.15) is 4.60 Å². The average Bonchev–Trinajstić information content (AvgIpc) is 3.29. The zero-order valence-electron chi connectivity index (χ0n) is 14.2. The van der Waals surface area contributed by atoms with Crippen LogP contribution in [0.2, 0.25) is 0 Å². The molecule has 6 nitrogen and oxygen atoms in total. The second-order valence-corrected chi connectivity index (χ2v) is 8.00. The molecule has 26 heavy (non-hydrogen) atoms. The lowest BCUT2D eigenvalue weighted by Gasteiger charge is -2.12. The molecule has 0 radical (unpaired) electrons. The summed E-state index contributed by atoms with van der Waals surface area (Å²) in [7, 11) is 0. The lowest BCUT2D eigenvalue weighted by atomic mass is 10.2. The highest BCUT2D eigenvalue weighted by molar-refractivity contribution is 9.10. The number of fused-ring (bicyclic) bond motifs is 1. The van der Waals surface area contributed by atoms with Gasteiger partial charge in [-0.2, -0.15) is 0 Å². The molecule has 0 spiro atoms. The molecule has 1 N–H and O–H groups in total. The van der Waals surface area contributed by atoms with Gasteiger partial charge in [-0.05, 0) is 65.1 Å². The smallest absolute Gasteiger partial charge is 0.208 e. The summed E-state index contributed by atoms with van der Waals surface area (Å²) in [6, 6.07) is 3.95. The number of hydrogen-bond donors (Lipinski definition) is 1. The highest BCUT2D eigenvalue weighted by Gasteiger charge is 2.22. The van der Waals surface area contributed by atoms with Crippen LogP contribution in [0.3, 0.4) is 0 Å². The normalized spacial score (nSPS) is 16.5. The van der Waals surface area contributed by atoms with E-state index >= 15 is 0 Å². The van der Waals surface area contributed by atoms with Gasteiger partial charge in [-0.1, -0.05) is 5.92 Å². The minimum atomic E-state index is 0.390. The molecule has 1 atom stereocenters. The Hall–Kier alpha value is -2.11. The molecule has 0 aliphatic carbocycles. The van der Waals surface area contributed by atoms with E-state index in [0.717, 1.165) is 27.8 Å². The van der Waals surface area contributed by atoms with E-state index in [2.05, 4.69) is 57.6 Å². The third-order valence-corrected chi connectivity index (χ3v) is 5.93. The van der Waals surface area contributed by atoms with Gasteiger partial charge in [0.15, 0.2) is 17.0 Å². The molecule has 8 heteroatoms. The fourth-order valence-electron chi connectivity index (χ4n) is 2.94. The van der Waals surface area contributed by atoms with Gasteiger partial charge < -0.3 is 9.88 Å². The molecule has 1 saturated heterocycles. The minimum Gasteiger partial charge on any atom is -0.364 e. The summed E-state index contributed by atoms with van der Waals surface area (Å²) < 4.78 is 2.97.